The molecular weight excluding hydrogens is 429 g/mol. The van der Waals surface area contributed by atoms with Crippen LogP contribution in [0.5, 0.6) is 0 Å². The number of nitrogens with zero attached hydrogens (tertiary/aromatic N) is 2. The van der Waals surface area contributed by atoms with Gasteiger partial charge in [0.2, 0.25) is 5.91 Å². The molecule has 0 aliphatic carbocycles. The van der Waals surface area contributed by atoms with Crippen molar-refractivity contribution in [1.82, 2.24) is 4.90 Å². The predicted molar refractivity (Wildman–Crippen MR) is 123 cm³/mol. The minimum absolute atomic E-state index is 0.335. The summed E-state index contributed by atoms with van der Waals surface area (Å²) in [5.41, 5.74) is 7.90. The number of carbonyl (C=O) groups is 2. The van der Waals surface area contributed by atoms with Crippen LogP contribution >= 0.6 is 11.3 Å². The van der Waals surface area contributed by atoms with Gasteiger partial charge in [0.1, 0.15) is 11.9 Å². The van der Waals surface area contributed by atoms with E-state index < -0.39 is 17.8 Å². The summed E-state index contributed by atoms with van der Waals surface area (Å²) < 4.78 is 19.2. The fraction of sp³-hybridized carbons (Fsp3) is 0.250. The summed E-state index contributed by atoms with van der Waals surface area (Å²) in [4.78, 5) is 29.6. The molecular formula is C24H24FN3O3S. The van der Waals surface area contributed by atoms with Crippen LogP contribution in [0.25, 0.3) is 11.1 Å². The Morgan fingerprint density at radius 3 is 2.47 bits per heavy atom. The van der Waals surface area contributed by atoms with Gasteiger partial charge in [0, 0.05) is 25.7 Å². The van der Waals surface area contributed by atoms with Crippen molar-refractivity contribution in [2.24, 2.45) is 5.73 Å². The molecule has 2 heterocycles. The average Bonchev–Trinajstić information content (AvgIpc) is 3.25. The highest BCUT2D eigenvalue weighted by Crippen LogP contribution is 2.40. The van der Waals surface area contributed by atoms with Gasteiger partial charge < -0.3 is 20.3 Å². The number of hydrogen-bond acceptors (Lipinski definition) is 5. The van der Waals surface area contributed by atoms with E-state index in [0.717, 1.165) is 29.2 Å². The van der Waals surface area contributed by atoms with Gasteiger partial charge in [-0.2, -0.15) is 0 Å². The van der Waals surface area contributed by atoms with E-state index in [1.807, 2.05) is 36.4 Å². The van der Waals surface area contributed by atoms with E-state index in [2.05, 4.69) is 4.90 Å². The van der Waals surface area contributed by atoms with E-state index >= 15 is 0 Å². The Labute approximate surface area is 190 Å². The second kappa shape index (κ2) is 9.50. The van der Waals surface area contributed by atoms with Crippen LogP contribution in [0.1, 0.15) is 21.3 Å². The maximum absolute atomic E-state index is 13.8. The maximum Gasteiger partial charge on any atom is 0.264 e. The number of primary amides is 1. The van der Waals surface area contributed by atoms with Crippen molar-refractivity contribution in [3.8, 4) is 11.1 Å². The number of anilines is 1. The minimum atomic E-state index is -1.08. The number of benzene rings is 2. The zero-order chi connectivity index (χ0) is 22.7. The van der Waals surface area contributed by atoms with E-state index in [9.17, 15) is 14.0 Å². The van der Waals surface area contributed by atoms with Gasteiger partial charge in [-0.25, -0.2) is 4.39 Å². The third kappa shape index (κ3) is 4.51. The van der Waals surface area contributed by atoms with Crippen LogP contribution in [-0.4, -0.2) is 50.1 Å². The summed E-state index contributed by atoms with van der Waals surface area (Å²) in [7, 11) is 1.51. The zero-order valence-electron chi connectivity index (χ0n) is 17.7. The highest BCUT2D eigenvalue weighted by atomic mass is 32.1. The van der Waals surface area contributed by atoms with Crippen LogP contribution < -0.4 is 10.6 Å². The number of amides is 2. The third-order valence-electron chi connectivity index (χ3n) is 5.45. The van der Waals surface area contributed by atoms with Crippen molar-refractivity contribution < 1.29 is 18.7 Å². The molecule has 1 aliphatic rings. The molecule has 0 spiro atoms. The first-order valence-corrected chi connectivity index (χ1v) is 11.1. The molecule has 3 aromatic rings. The molecule has 1 aromatic heterocycles. The van der Waals surface area contributed by atoms with Gasteiger partial charge in [-0.15, -0.1) is 11.3 Å². The Morgan fingerprint density at radius 1 is 1.09 bits per heavy atom. The van der Waals surface area contributed by atoms with Gasteiger partial charge in [0.25, 0.3) is 5.91 Å². The highest BCUT2D eigenvalue weighted by Gasteiger charge is 2.30. The van der Waals surface area contributed by atoms with Crippen LogP contribution in [-0.2, 0) is 9.53 Å². The summed E-state index contributed by atoms with van der Waals surface area (Å²) in [6.07, 6.45) is 0. The summed E-state index contributed by atoms with van der Waals surface area (Å²) >= 11 is 1.38. The predicted octanol–water partition coefficient (Wildman–Crippen LogP) is 3.69. The number of hydrogen-bond donors (Lipinski definition) is 1. The topological polar surface area (TPSA) is 75.9 Å². The van der Waals surface area contributed by atoms with Gasteiger partial charge in [-0.1, -0.05) is 42.5 Å². The lowest BCUT2D eigenvalue weighted by Gasteiger charge is -2.28. The van der Waals surface area contributed by atoms with E-state index in [1.165, 1.54) is 41.5 Å². The standard InChI is InChI=1S/C24H24FN3O3S/c1-27(21(22(26)29)17-8-5-9-18(25)14-17)23(30)20-15-19(16-6-3-2-4-7-16)24(32-20)28-10-12-31-13-11-28/h2-9,14-15,21H,10-13H2,1H3,(H2,26,29). The monoisotopic (exact) mass is 453 g/mol. The Balaban J connectivity index is 1.71. The number of halogens is 1. The molecule has 2 amide bonds. The van der Waals surface area contributed by atoms with E-state index in [1.54, 1.807) is 6.07 Å². The fourth-order valence-electron chi connectivity index (χ4n) is 3.86. The number of morpholine rings is 1. The first-order chi connectivity index (χ1) is 15.5. The van der Waals surface area contributed by atoms with Crippen molar-refractivity contribution in [3.05, 3.63) is 76.9 Å². The Kier molecular flexibility index (Phi) is 6.53. The van der Waals surface area contributed by atoms with Crippen LogP contribution in [0.2, 0.25) is 0 Å². The number of likely N-dealkylation sites (N-methyl/N-ethyl adjacent to an activating group) is 1. The molecule has 1 saturated heterocycles. The lowest BCUT2D eigenvalue weighted by atomic mass is 10.0. The van der Waals surface area contributed by atoms with Gasteiger partial charge in [-0.05, 0) is 29.3 Å². The molecule has 6 nitrogen and oxygen atoms in total. The Morgan fingerprint density at radius 2 is 1.81 bits per heavy atom. The summed E-state index contributed by atoms with van der Waals surface area (Å²) in [5.74, 6) is -1.56. The molecule has 1 atom stereocenters. The lowest BCUT2D eigenvalue weighted by Crippen LogP contribution is -2.39. The van der Waals surface area contributed by atoms with Crippen molar-refractivity contribution in [1.29, 1.82) is 0 Å². The summed E-state index contributed by atoms with van der Waals surface area (Å²) in [6, 6.07) is 16.2. The van der Waals surface area contributed by atoms with Crippen LogP contribution in [0, 0.1) is 5.82 Å². The molecule has 2 aromatic carbocycles. The second-order valence-corrected chi connectivity index (χ2v) is 8.60. The number of nitrogens with two attached hydrogens (primary N) is 1. The number of thiophene rings is 1. The largest absolute Gasteiger partial charge is 0.378 e. The summed E-state index contributed by atoms with van der Waals surface area (Å²) in [6.45, 7) is 2.71. The SMILES string of the molecule is CN(C(=O)c1cc(-c2ccccc2)c(N2CCOCC2)s1)C(C(N)=O)c1cccc(F)c1. The molecule has 1 fully saturated rings. The van der Waals surface area contributed by atoms with E-state index in [4.69, 9.17) is 10.5 Å². The van der Waals surface area contributed by atoms with Crippen molar-refractivity contribution >= 4 is 28.2 Å². The quantitative estimate of drug-likeness (QED) is 0.618. The molecule has 32 heavy (non-hydrogen) atoms. The smallest absolute Gasteiger partial charge is 0.264 e. The molecule has 8 heteroatoms. The lowest BCUT2D eigenvalue weighted by molar-refractivity contribution is -0.122. The fourth-order valence-corrected chi connectivity index (χ4v) is 5.07. The molecule has 1 aliphatic heterocycles. The van der Waals surface area contributed by atoms with Crippen molar-refractivity contribution in [3.63, 3.8) is 0 Å². The minimum Gasteiger partial charge on any atom is -0.378 e. The van der Waals surface area contributed by atoms with Gasteiger partial charge in [0.15, 0.2) is 0 Å². The maximum atomic E-state index is 13.8. The summed E-state index contributed by atoms with van der Waals surface area (Å²) in [5, 5.41) is 0.984. The molecule has 4 rings (SSSR count). The number of carbonyl (C=O) groups excluding carboxylic acids is 2. The molecule has 2 N–H and O–H groups in total. The average molecular weight is 454 g/mol. The first kappa shape index (κ1) is 22.0. The second-order valence-electron chi connectivity index (χ2n) is 7.57. The molecule has 166 valence electrons. The third-order valence-corrected chi connectivity index (χ3v) is 6.63. The van der Waals surface area contributed by atoms with Crippen molar-refractivity contribution in [2.45, 2.75) is 6.04 Å². The molecule has 0 radical (unpaired) electrons. The molecule has 0 saturated carbocycles. The number of ether oxygens (including phenoxy) is 1. The van der Waals surface area contributed by atoms with Gasteiger partial charge in [0.05, 0.1) is 23.1 Å². The van der Waals surface area contributed by atoms with E-state index in [0.29, 0.717) is 23.7 Å². The Bertz CT molecular complexity index is 1110. The zero-order valence-corrected chi connectivity index (χ0v) is 18.5. The van der Waals surface area contributed by atoms with Crippen LogP contribution in [0.4, 0.5) is 9.39 Å². The number of rotatable bonds is 6. The Hall–Kier alpha value is -3.23. The normalized spacial score (nSPS) is 14.8. The molecule has 0 bridgehead atoms. The van der Waals surface area contributed by atoms with Crippen molar-refractivity contribution in [2.75, 3.05) is 38.3 Å². The first-order valence-electron chi connectivity index (χ1n) is 10.3. The van der Waals surface area contributed by atoms with Gasteiger partial charge >= 0.3 is 0 Å². The van der Waals surface area contributed by atoms with Gasteiger partial charge in [-0.3, -0.25) is 9.59 Å². The molecule has 1 unspecified atom stereocenters. The van der Waals surface area contributed by atoms with Crippen LogP contribution in [0.3, 0.4) is 0 Å². The van der Waals surface area contributed by atoms with E-state index in [-0.39, 0.29) is 5.91 Å². The van der Waals surface area contributed by atoms with Crippen LogP contribution in [0.15, 0.2) is 60.7 Å². The highest BCUT2D eigenvalue weighted by molar-refractivity contribution is 7.18.